The van der Waals surface area contributed by atoms with Gasteiger partial charge in [0.1, 0.15) is 5.82 Å². The molecule has 3 aromatic heterocycles. The van der Waals surface area contributed by atoms with Gasteiger partial charge in [-0.05, 0) is 32.2 Å². The molecular formula is C18H21N7OS. The lowest BCUT2D eigenvalue weighted by atomic mass is 10.3. The fraction of sp³-hybridized carbons (Fsp3) is 0.333. The number of H-pyrrole nitrogens is 1. The molecule has 4 rings (SSSR count). The number of nitrogens with zero attached hydrogens (tertiary/aromatic N) is 5. The molecule has 0 amide bonds. The smallest absolute Gasteiger partial charge is 0.305 e. The van der Waals surface area contributed by atoms with Crippen molar-refractivity contribution < 1.29 is 0 Å². The van der Waals surface area contributed by atoms with Crippen molar-refractivity contribution in [2.45, 2.75) is 6.92 Å². The zero-order valence-corrected chi connectivity index (χ0v) is 16.1. The van der Waals surface area contributed by atoms with E-state index in [1.807, 2.05) is 19.2 Å². The first-order valence-corrected chi connectivity index (χ1v) is 9.60. The molecule has 4 heterocycles. The molecule has 140 valence electrons. The van der Waals surface area contributed by atoms with E-state index in [1.54, 1.807) is 12.3 Å². The van der Waals surface area contributed by atoms with Crippen LogP contribution in [0.25, 0.3) is 10.6 Å². The Labute approximate surface area is 160 Å². The topological polar surface area (TPSA) is 90.0 Å². The van der Waals surface area contributed by atoms with Crippen molar-refractivity contribution in [3.63, 3.8) is 0 Å². The molecule has 0 aromatic carbocycles. The number of hydrogen-bond acceptors (Lipinski definition) is 8. The molecule has 1 fully saturated rings. The molecule has 3 aromatic rings. The van der Waals surface area contributed by atoms with E-state index in [0.29, 0.717) is 17.5 Å². The molecule has 9 heteroatoms. The Morgan fingerprint density at radius 1 is 1.15 bits per heavy atom. The van der Waals surface area contributed by atoms with Gasteiger partial charge in [-0.3, -0.25) is 4.79 Å². The summed E-state index contributed by atoms with van der Waals surface area (Å²) in [6, 6.07) is 5.79. The molecule has 8 nitrogen and oxygen atoms in total. The number of thiazole rings is 1. The van der Waals surface area contributed by atoms with Gasteiger partial charge in [0, 0.05) is 38.1 Å². The Morgan fingerprint density at radius 2 is 1.96 bits per heavy atom. The van der Waals surface area contributed by atoms with E-state index in [1.165, 1.54) is 0 Å². The van der Waals surface area contributed by atoms with Gasteiger partial charge in [-0.15, -0.1) is 0 Å². The van der Waals surface area contributed by atoms with Gasteiger partial charge in [0.05, 0.1) is 22.5 Å². The Morgan fingerprint density at radius 3 is 2.63 bits per heavy atom. The zero-order chi connectivity index (χ0) is 18.8. The number of likely N-dealkylation sites (N-methyl/N-ethyl adjacent to an activating group) is 1. The minimum absolute atomic E-state index is 0.0863. The first-order chi connectivity index (χ1) is 13.1. The highest BCUT2D eigenvalue weighted by Gasteiger charge is 2.14. The quantitative estimate of drug-likeness (QED) is 0.713. The van der Waals surface area contributed by atoms with E-state index in [9.17, 15) is 4.79 Å². The van der Waals surface area contributed by atoms with Crippen molar-refractivity contribution in [2.24, 2.45) is 0 Å². The lowest BCUT2D eigenvalue weighted by Crippen LogP contribution is -2.44. The van der Waals surface area contributed by atoms with E-state index < -0.39 is 0 Å². The van der Waals surface area contributed by atoms with Gasteiger partial charge in [-0.1, -0.05) is 11.3 Å². The fourth-order valence-corrected chi connectivity index (χ4v) is 3.83. The van der Waals surface area contributed by atoms with Crippen LogP contribution < -0.4 is 15.1 Å². The van der Waals surface area contributed by atoms with Crippen LogP contribution in [0.2, 0.25) is 0 Å². The highest BCUT2D eigenvalue weighted by atomic mass is 32.1. The third kappa shape index (κ3) is 3.99. The summed E-state index contributed by atoms with van der Waals surface area (Å²) in [5.41, 5.74) is 2.64. The van der Waals surface area contributed by atoms with E-state index in [4.69, 9.17) is 0 Å². The summed E-state index contributed by atoms with van der Waals surface area (Å²) < 4.78 is 0. The molecule has 0 bridgehead atoms. The summed E-state index contributed by atoms with van der Waals surface area (Å²) in [4.78, 5) is 33.0. The van der Waals surface area contributed by atoms with Crippen molar-refractivity contribution in [1.82, 2.24) is 24.8 Å². The number of anilines is 3. The van der Waals surface area contributed by atoms with Crippen LogP contribution in [0.1, 0.15) is 5.69 Å². The number of hydrogen-bond donors (Lipinski definition) is 2. The summed E-state index contributed by atoms with van der Waals surface area (Å²) in [7, 11) is 2.14. The molecule has 0 aliphatic carbocycles. The van der Waals surface area contributed by atoms with Crippen molar-refractivity contribution in [2.75, 3.05) is 43.4 Å². The monoisotopic (exact) mass is 383 g/mol. The molecule has 1 saturated heterocycles. The summed E-state index contributed by atoms with van der Waals surface area (Å²) in [5, 5.41) is 3.13. The number of aromatic amines is 1. The Hall–Kier alpha value is -2.78. The molecule has 0 spiro atoms. The van der Waals surface area contributed by atoms with Crippen molar-refractivity contribution in [3.8, 4) is 10.6 Å². The van der Waals surface area contributed by atoms with Gasteiger partial charge < -0.3 is 20.1 Å². The minimum atomic E-state index is -0.0863. The van der Waals surface area contributed by atoms with E-state index in [2.05, 4.69) is 48.2 Å². The average molecular weight is 383 g/mol. The normalized spacial score (nSPS) is 15.1. The summed E-state index contributed by atoms with van der Waals surface area (Å²) in [5.74, 6) is 1.14. The SMILES string of the molecule is Cc1[nH]c(=O)sc1-c1ccnc(Nc2ccc(N3CCN(C)CC3)cn2)n1. The maximum absolute atomic E-state index is 11.5. The molecule has 1 aliphatic heterocycles. The third-order valence-corrected chi connectivity index (χ3v) is 5.58. The van der Waals surface area contributed by atoms with Crippen LogP contribution in [0.3, 0.4) is 0 Å². The van der Waals surface area contributed by atoms with Crippen LogP contribution in [0, 0.1) is 6.92 Å². The van der Waals surface area contributed by atoms with Gasteiger partial charge in [0.15, 0.2) is 0 Å². The first kappa shape index (κ1) is 17.6. The zero-order valence-electron chi connectivity index (χ0n) is 15.3. The van der Waals surface area contributed by atoms with Crippen molar-refractivity contribution in [3.05, 3.63) is 46.0 Å². The molecular weight excluding hydrogens is 362 g/mol. The van der Waals surface area contributed by atoms with Crippen LogP contribution in [-0.2, 0) is 0 Å². The maximum Gasteiger partial charge on any atom is 0.305 e. The van der Waals surface area contributed by atoms with Gasteiger partial charge in [0.2, 0.25) is 5.95 Å². The van der Waals surface area contributed by atoms with Gasteiger partial charge in [-0.25, -0.2) is 15.0 Å². The van der Waals surface area contributed by atoms with Crippen molar-refractivity contribution in [1.29, 1.82) is 0 Å². The van der Waals surface area contributed by atoms with Gasteiger partial charge >= 0.3 is 4.87 Å². The Bertz CT molecular complexity index is 974. The Balaban J connectivity index is 1.49. The van der Waals surface area contributed by atoms with E-state index in [0.717, 1.165) is 53.8 Å². The lowest BCUT2D eigenvalue weighted by Gasteiger charge is -2.33. The predicted molar refractivity (Wildman–Crippen MR) is 108 cm³/mol. The molecule has 0 atom stereocenters. The number of aryl methyl sites for hydroxylation is 1. The largest absolute Gasteiger partial charge is 0.368 e. The summed E-state index contributed by atoms with van der Waals surface area (Å²) >= 11 is 1.15. The molecule has 27 heavy (non-hydrogen) atoms. The second kappa shape index (κ2) is 7.45. The average Bonchev–Trinajstić information content (AvgIpc) is 3.02. The van der Waals surface area contributed by atoms with E-state index >= 15 is 0 Å². The second-order valence-corrected chi connectivity index (χ2v) is 7.53. The number of rotatable bonds is 4. The second-order valence-electron chi connectivity index (χ2n) is 6.55. The summed E-state index contributed by atoms with van der Waals surface area (Å²) in [6.07, 6.45) is 3.55. The van der Waals surface area contributed by atoms with Gasteiger partial charge in [0.25, 0.3) is 0 Å². The highest BCUT2D eigenvalue weighted by Crippen LogP contribution is 2.24. The highest BCUT2D eigenvalue weighted by molar-refractivity contribution is 7.13. The molecule has 0 saturated carbocycles. The molecule has 2 N–H and O–H groups in total. The number of pyridine rings is 1. The van der Waals surface area contributed by atoms with E-state index in [-0.39, 0.29) is 4.87 Å². The minimum Gasteiger partial charge on any atom is -0.368 e. The van der Waals surface area contributed by atoms with Crippen LogP contribution in [0.5, 0.6) is 0 Å². The Kier molecular flexibility index (Phi) is 4.87. The van der Waals surface area contributed by atoms with Crippen LogP contribution in [0.15, 0.2) is 35.4 Å². The predicted octanol–water partition coefficient (Wildman–Crippen LogP) is 2.09. The number of aromatic nitrogens is 4. The molecule has 1 aliphatic rings. The lowest BCUT2D eigenvalue weighted by molar-refractivity contribution is 0.313. The first-order valence-electron chi connectivity index (χ1n) is 8.78. The van der Waals surface area contributed by atoms with Crippen LogP contribution in [0.4, 0.5) is 17.5 Å². The maximum atomic E-state index is 11.5. The number of piperazine rings is 1. The van der Waals surface area contributed by atoms with Crippen molar-refractivity contribution >= 4 is 28.8 Å². The van der Waals surface area contributed by atoms with Crippen LogP contribution in [-0.4, -0.2) is 58.1 Å². The molecule has 0 unspecified atom stereocenters. The standard InChI is InChI=1S/C18H21N7OS/c1-12-16(27-18(26)21-12)14-5-6-19-17(22-14)23-15-4-3-13(11-20-15)25-9-7-24(2)8-10-25/h3-6,11H,7-10H2,1-2H3,(H,21,26)(H,19,20,22,23). The fourth-order valence-electron chi connectivity index (χ4n) is 3.02. The number of nitrogens with one attached hydrogen (secondary N) is 2. The molecule has 0 radical (unpaired) electrons. The van der Waals surface area contributed by atoms with Crippen LogP contribution >= 0.6 is 11.3 Å². The third-order valence-electron chi connectivity index (χ3n) is 4.57. The summed E-state index contributed by atoms with van der Waals surface area (Å²) in [6.45, 7) is 6.00. The van der Waals surface area contributed by atoms with Gasteiger partial charge in [-0.2, -0.15) is 0 Å².